The molecule has 0 saturated carbocycles. The third-order valence-corrected chi connectivity index (χ3v) is 3.31. The lowest BCUT2D eigenvalue weighted by molar-refractivity contribution is 0.414. The summed E-state index contributed by atoms with van der Waals surface area (Å²) in [5, 5.41) is 12.6. The van der Waals surface area contributed by atoms with Gasteiger partial charge in [0.2, 0.25) is 0 Å². The van der Waals surface area contributed by atoms with Gasteiger partial charge in [0, 0.05) is 5.54 Å². The molecule has 15 heavy (non-hydrogen) atoms. The normalized spacial score (nSPS) is 25.8. The molecule has 1 atom stereocenters. The minimum absolute atomic E-state index is 0.0694. The average molecular weight is 230 g/mol. The summed E-state index contributed by atoms with van der Waals surface area (Å²) in [4.78, 5) is 0. The fraction of sp³-hybridized carbons (Fsp3) is 0.455. The molecule has 0 aromatic heterocycles. The number of phenols is 1. The molecular formula is C11H13ClFNO. The number of nitrogens with one attached hydrogen (secondary N) is 1. The number of hydrogen-bond acceptors (Lipinski definition) is 2. The van der Waals surface area contributed by atoms with E-state index in [9.17, 15) is 9.50 Å². The van der Waals surface area contributed by atoms with E-state index in [2.05, 4.69) is 5.32 Å². The van der Waals surface area contributed by atoms with Crippen LogP contribution >= 0.6 is 11.6 Å². The molecule has 1 aromatic rings. The van der Waals surface area contributed by atoms with Crippen molar-refractivity contribution in [2.45, 2.75) is 25.3 Å². The maximum atomic E-state index is 13.3. The van der Waals surface area contributed by atoms with Crippen LogP contribution in [0.25, 0.3) is 0 Å². The van der Waals surface area contributed by atoms with Crippen LogP contribution in [0.5, 0.6) is 5.75 Å². The molecule has 2 rings (SSSR count). The van der Waals surface area contributed by atoms with E-state index < -0.39 is 11.6 Å². The Balaban J connectivity index is 2.45. The van der Waals surface area contributed by atoms with E-state index in [1.165, 1.54) is 6.07 Å². The van der Waals surface area contributed by atoms with Gasteiger partial charge in [-0.05, 0) is 44.0 Å². The topological polar surface area (TPSA) is 32.3 Å². The predicted octanol–water partition coefficient (Wildman–Crippen LogP) is 2.78. The Morgan fingerprint density at radius 3 is 2.80 bits per heavy atom. The monoisotopic (exact) mass is 229 g/mol. The number of benzene rings is 1. The number of phenolic OH excluding ortho intramolecular Hbond substituents is 1. The van der Waals surface area contributed by atoms with E-state index in [4.69, 9.17) is 11.6 Å². The van der Waals surface area contributed by atoms with Crippen molar-refractivity contribution in [1.82, 2.24) is 5.32 Å². The molecule has 82 valence electrons. The van der Waals surface area contributed by atoms with E-state index in [0.29, 0.717) is 0 Å². The molecule has 1 aliphatic rings. The number of hydrogen-bond donors (Lipinski definition) is 2. The lowest BCUT2D eigenvalue weighted by Gasteiger charge is -2.25. The summed E-state index contributed by atoms with van der Waals surface area (Å²) in [7, 11) is 0. The van der Waals surface area contributed by atoms with Gasteiger partial charge < -0.3 is 10.4 Å². The van der Waals surface area contributed by atoms with E-state index in [1.54, 1.807) is 6.07 Å². The quantitative estimate of drug-likeness (QED) is 0.776. The van der Waals surface area contributed by atoms with Crippen LogP contribution < -0.4 is 5.32 Å². The summed E-state index contributed by atoms with van der Waals surface area (Å²) in [5.74, 6) is -1.13. The highest BCUT2D eigenvalue weighted by Gasteiger charge is 2.31. The van der Waals surface area contributed by atoms with Crippen LogP contribution in [0.3, 0.4) is 0 Å². The Hall–Kier alpha value is -0.800. The molecule has 0 bridgehead atoms. The standard InChI is InChI=1S/C11H13ClFNO/c1-11(3-2-4-14-11)7-5-8(12)10(15)9(13)6-7/h5-6,14-15H,2-4H2,1H3. The van der Waals surface area contributed by atoms with Gasteiger partial charge in [0.05, 0.1) is 5.02 Å². The van der Waals surface area contributed by atoms with Crippen LogP contribution in [0.4, 0.5) is 4.39 Å². The average Bonchev–Trinajstić information content (AvgIpc) is 2.62. The van der Waals surface area contributed by atoms with E-state index in [1.807, 2.05) is 6.92 Å². The van der Waals surface area contributed by atoms with Crippen LogP contribution in [0.2, 0.25) is 5.02 Å². The Kier molecular flexibility index (Phi) is 2.61. The lowest BCUT2D eigenvalue weighted by Crippen LogP contribution is -2.33. The van der Waals surface area contributed by atoms with E-state index >= 15 is 0 Å². The minimum atomic E-state index is -0.660. The second-order valence-electron chi connectivity index (χ2n) is 4.15. The number of rotatable bonds is 1. The van der Waals surface area contributed by atoms with Gasteiger partial charge in [-0.25, -0.2) is 4.39 Å². The predicted molar refractivity (Wildman–Crippen MR) is 57.7 cm³/mol. The molecule has 1 fully saturated rings. The SMILES string of the molecule is CC1(c2cc(F)c(O)c(Cl)c2)CCCN1. The minimum Gasteiger partial charge on any atom is -0.504 e. The molecule has 1 aliphatic heterocycles. The first-order chi connectivity index (χ1) is 7.03. The molecule has 2 N–H and O–H groups in total. The highest BCUT2D eigenvalue weighted by Crippen LogP contribution is 2.36. The summed E-state index contributed by atoms with van der Waals surface area (Å²) in [6.07, 6.45) is 2.02. The summed E-state index contributed by atoms with van der Waals surface area (Å²) in [6, 6.07) is 2.97. The van der Waals surface area contributed by atoms with Gasteiger partial charge in [-0.2, -0.15) is 0 Å². The Bertz CT molecular complexity index is 365. The molecule has 4 heteroatoms. The van der Waals surface area contributed by atoms with Gasteiger partial charge in [0.25, 0.3) is 0 Å². The highest BCUT2D eigenvalue weighted by molar-refractivity contribution is 6.32. The lowest BCUT2D eigenvalue weighted by atomic mass is 9.90. The Morgan fingerprint density at radius 2 is 2.27 bits per heavy atom. The summed E-state index contributed by atoms with van der Waals surface area (Å²) >= 11 is 5.74. The van der Waals surface area contributed by atoms with Gasteiger partial charge in [-0.15, -0.1) is 0 Å². The number of halogens is 2. The first-order valence-corrected chi connectivity index (χ1v) is 5.34. The van der Waals surface area contributed by atoms with E-state index in [-0.39, 0.29) is 10.6 Å². The molecule has 0 radical (unpaired) electrons. The Labute approximate surface area is 93.1 Å². The van der Waals surface area contributed by atoms with Crippen molar-refractivity contribution in [3.63, 3.8) is 0 Å². The van der Waals surface area contributed by atoms with Crippen LogP contribution in [-0.2, 0) is 5.54 Å². The van der Waals surface area contributed by atoms with Crippen molar-refractivity contribution in [3.8, 4) is 5.75 Å². The first-order valence-electron chi connectivity index (χ1n) is 4.96. The van der Waals surface area contributed by atoms with Crippen molar-refractivity contribution in [2.24, 2.45) is 0 Å². The van der Waals surface area contributed by atoms with Crippen molar-refractivity contribution in [3.05, 3.63) is 28.5 Å². The summed E-state index contributed by atoms with van der Waals surface area (Å²) in [5.41, 5.74) is 0.568. The van der Waals surface area contributed by atoms with Gasteiger partial charge >= 0.3 is 0 Å². The summed E-state index contributed by atoms with van der Waals surface area (Å²) in [6.45, 7) is 2.94. The zero-order valence-electron chi connectivity index (χ0n) is 8.48. The molecule has 1 heterocycles. The molecule has 2 nitrogen and oxygen atoms in total. The maximum Gasteiger partial charge on any atom is 0.170 e. The van der Waals surface area contributed by atoms with Gasteiger partial charge in [0.1, 0.15) is 0 Å². The van der Waals surface area contributed by atoms with E-state index in [0.717, 1.165) is 24.9 Å². The second-order valence-corrected chi connectivity index (χ2v) is 4.56. The van der Waals surface area contributed by atoms with Crippen molar-refractivity contribution >= 4 is 11.6 Å². The molecule has 1 saturated heterocycles. The van der Waals surface area contributed by atoms with Crippen molar-refractivity contribution in [2.75, 3.05) is 6.54 Å². The smallest absolute Gasteiger partial charge is 0.170 e. The summed E-state index contributed by atoms with van der Waals surface area (Å²) < 4.78 is 13.3. The van der Waals surface area contributed by atoms with Gasteiger partial charge in [0.15, 0.2) is 11.6 Å². The molecule has 0 amide bonds. The van der Waals surface area contributed by atoms with Crippen LogP contribution in [0.15, 0.2) is 12.1 Å². The molecular weight excluding hydrogens is 217 g/mol. The molecule has 0 aliphatic carbocycles. The van der Waals surface area contributed by atoms with Crippen LogP contribution in [0, 0.1) is 5.82 Å². The zero-order valence-corrected chi connectivity index (χ0v) is 9.24. The van der Waals surface area contributed by atoms with Crippen molar-refractivity contribution in [1.29, 1.82) is 0 Å². The first kappa shape index (κ1) is 10.7. The zero-order chi connectivity index (χ0) is 11.1. The number of aromatic hydroxyl groups is 1. The molecule has 1 unspecified atom stereocenters. The third kappa shape index (κ3) is 1.82. The van der Waals surface area contributed by atoms with Crippen LogP contribution in [0.1, 0.15) is 25.3 Å². The Morgan fingerprint density at radius 1 is 1.53 bits per heavy atom. The third-order valence-electron chi connectivity index (χ3n) is 3.02. The fourth-order valence-electron chi connectivity index (χ4n) is 2.03. The van der Waals surface area contributed by atoms with Crippen molar-refractivity contribution < 1.29 is 9.50 Å². The van der Waals surface area contributed by atoms with Gasteiger partial charge in [-0.1, -0.05) is 11.6 Å². The fourth-order valence-corrected chi connectivity index (χ4v) is 2.23. The van der Waals surface area contributed by atoms with Gasteiger partial charge in [-0.3, -0.25) is 0 Å². The highest BCUT2D eigenvalue weighted by atomic mass is 35.5. The largest absolute Gasteiger partial charge is 0.504 e. The van der Waals surface area contributed by atoms with Crippen LogP contribution in [-0.4, -0.2) is 11.7 Å². The second kappa shape index (κ2) is 3.65. The molecule has 1 aromatic carbocycles. The maximum absolute atomic E-state index is 13.3. The molecule has 0 spiro atoms.